The second kappa shape index (κ2) is 26.2. The monoisotopic (exact) mass is 438 g/mol. The lowest BCUT2D eigenvalue weighted by Gasteiger charge is -2.18. The van der Waals surface area contributed by atoms with Crippen molar-refractivity contribution < 1.29 is 5.11 Å². The zero-order chi connectivity index (χ0) is 22.8. The number of hydrogen-bond donors (Lipinski definition) is 1. The number of aliphatic hydroxyl groups excluding tert-OH is 1. The van der Waals surface area contributed by atoms with Crippen molar-refractivity contribution in [3.8, 4) is 0 Å². The fourth-order valence-corrected chi connectivity index (χ4v) is 4.80. The molecule has 31 heavy (non-hydrogen) atoms. The summed E-state index contributed by atoms with van der Waals surface area (Å²) in [5, 5.41) is 10.4. The molecular weight excluding hydrogens is 376 g/mol. The maximum atomic E-state index is 10.4. The molecule has 0 heterocycles. The highest BCUT2D eigenvalue weighted by Gasteiger charge is 2.13. The van der Waals surface area contributed by atoms with Gasteiger partial charge in [-0.15, -0.1) is 0 Å². The normalized spacial score (nSPS) is 13.5. The quantitative estimate of drug-likeness (QED) is 0.133. The molecule has 0 saturated carbocycles. The first-order valence-corrected chi connectivity index (χ1v) is 14.9. The summed E-state index contributed by atoms with van der Waals surface area (Å²) in [6.45, 7) is 6.85. The van der Waals surface area contributed by atoms with Gasteiger partial charge in [0.2, 0.25) is 0 Å². The Hall–Kier alpha value is -0.0400. The van der Waals surface area contributed by atoms with E-state index in [1.165, 1.54) is 154 Å². The van der Waals surface area contributed by atoms with Crippen LogP contribution in [0.1, 0.15) is 181 Å². The Morgan fingerprint density at radius 1 is 0.387 bits per heavy atom. The van der Waals surface area contributed by atoms with Crippen molar-refractivity contribution in [3.05, 3.63) is 0 Å². The minimum Gasteiger partial charge on any atom is -0.393 e. The predicted molar refractivity (Wildman–Crippen MR) is 142 cm³/mol. The van der Waals surface area contributed by atoms with Crippen LogP contribution in [0.2, 0.25) is 0 Å². The van der Waals surface area contributed by atoms with Gasteiger partial charge in [-0.2, -0.15) is 0 Å². The molecule has 0 radical (unpaired) electrons. The van der Waals surface area contributed by atoms with Gasteiger partial charge in [-0.05, 0) is 18.8 Å². The van der Waals surface area contributed by atoms with Crippen molar-refractivity contribution in [1.82, 2.24) is 0 Å². The van der Waals surface area contributed by atoms with Crippen molar-refractivity contribution in [1.29, 1.82) is 0 Å². The van der Waals surface area contributed by atoms with Gasteiger partial charge < -0.3 is 5.11 Å². The predicted octanol–water partition coefficient (Wildman–Crippen LogP) is 10.8. The highest BCUT2D eigenvalue weighted by Crippen LogP contribution is 2.20. The first-order chi connectivity index (χ1) is 15.2. The van der Waals surface area contributed by atoms with E-state index in [1.54, 1.807) is 0 Å². The lowest BCUT2D eigenvalue weighted by Crippen LogP contribution is -2.17. The van der Waals surface area contributed by atoms with Gasteiger partial charge in [0.15, 0.2) is 0 Å². The zero-order valence-corrected chi connectivity index (χ0v) is 22.3. The van der Waals surface area contributed by atoms with E-state index in [2.05, 4.69) is 20.8 Å². The third-order valence-corrected chi connectivity index (χ3v) is 7.27. The van der Waals surface area contributed by atoms with Crippen LogP contribution in [0.25, 0.3) is 0 Å². The number of aliphatic hydroxyl groups is 1. The van der Waals surface area contributed by atoms with E-state index < -0.39 is 0 Å². The lowest BCUT2D eigenvalue weighted by atomic mass is 9.93. The molecule has 0 aliphatic rings. The van der Waals surface area contributed by atoms with Crippen LogP contribution in [0.15, 0.2) is 0 Å². The third kappa shape index (κ3) is 24.4. The molecule has 1 N–H and O–H groups in total. The second-order valence-corrected chi connectivity index (χ2v) is 10.5. The summed E-state index contributed by atoms with van der Waals surface area (Å²) in [4.78, 5) is 0. The van der Waals surface area contributed by atoms with Crippen molar-refractivity contribution in [2.24, 2.45) is 5.92 Å². The first-order valence-electron chi connectivity index (χ1n) is 14.9. The SMILES string of the molecule is CCCCCCCCCCCCCCCC(O)C(C)CCCCCCCCCCCC. The lowest BCUT2D eigenvalue weighted by molar-refractivity contribution is 0.0985. The van der Waals surface area contributed by atoms with Gasteiger partial charge >= 0.3 is 0 Å². The standard InChI is InChI=1S/C30H62O/c1-4-6-8-10-12-14-16-17-18-20-22-24-26-28-30(31)29(3)27-25-23-21-19-15-13-11-9-7-5-2/h29-31H,4-28H2,1-3H3. The van der Waals surface area contributed by atoms with Crippen LogP contribution in [-0.2, 0) is 0 Å². The summed E-state index contributed by atoms with van der Waals surface area (Å²) >= 11 is 0. The number of hydrogen-bond acceptors (Lipinski definition) is 1. The summed E-state index contributed by atoms with van der Waals surface area (Å²) in [7, 11) is 0. The van der Waals surface area contributed by atoms with Gasteiger partial charge in [0, 0.05) is 0 Å². The van der Waals surface area contributed by atoms with E-state index in [0.717, 1.165) is 6.42 Å². The Labute approximate surface area is 198 Å². The fraction of sp³-hybridized carbons (Fsp3) is 1.00. The molecule has 0 aromatic rings. The van der Waals surface area contributed by atoms with Gasteiger partial charge in [-0.25, -0.2) is 0 Å². The Bertz CT molecular complexity index is 314. The second-order valence-electron chi connectivity index (χ2n) is 10.5. The molecule has 0 saturated heterocycles. The molecule has 0 bridgehead atoms. The van der Waals surface area contributed by atoms with Crippen LogP contribution in [0, 0.1) is 5.92 Å². The van der Waals surface area contributed by atoms with Crippen LogP contribution < -0.4 is 0 Å². The van der Waals surface area contributed by atoms with Crippen molar-refractivity contribution in [3.63, 3.8) is 0 Å². The Morgan fingerprint density at radius 2 is 0.645 bits per heavy atom. The fourth-order valence-electron chi connectivity index (χ4n) is 4.80. The Morgan fingerprint density at radius 3 is 0.968 bits per heavy atom. The van der Waals surface area contributed by atoms with E-state index in [-0.39, 0.29) is 6.10 Å². The molecular formula is C30H62O. The molecule has 0 fully saturated rings. The highest BCUT2D eigenvalue weighted by molar-refractivity contribution is 4.65. The third-order valence-electron chi connectivity index (χ3n) is 7.27. The maximum Gasteiger partial charge on any atom is 0.0565 e. The summed E-state index contributed by atoms with van der Waals surface area (Å²) in [6, 6.07) is 0. The van der Waals surface area contributed by atoms with Crippen LogP contribution >= 0.6 is 0 Å². The van der Waals surface area contributed by atoms with Crippen molar-refractivity contribution in [2.75, 3.05) is 0 Å². The molecule has 0 spiro atoms. The van der Waals surface area contributed by atoms with E-state index in [0.29, 0.717) is 5.92 Å². The van der Waals surface area contributed by atoms with E-state index >= 15 is 0 Å². The molecule has 1 nitrogen and oxygen atoms in total. The van der Waals surface area contributed by atoms with Gasteiger partial charge in [0.1, 0.15) is 0 Å². The van der Waals surface area contributed by atoms with Gasteiger partial charge in [-0.3, -0.25) is 0 Å². The van der Waals surface area contributed by atoms with E-state index in [4.69, 9.17) is 0 Å². The summed E-state index contributed by atoms with van der Waals surface area (Å²) < 4.78 is 0. The summed E-state index contributed by atoms with van der Waals surface area (Å²) in [5.41, 5.74) is 0. The molecule has 0 aromatic carbocycles. The number of unbranched alkanes of at least 4 members (excludes halogenated alkanes) is 21. The average Bonchev–Trinajstić information content (AvgIpc) is 2.77. The molecule has 2 atom stereocenters. The molecule has 188 valence electrons. The average molecular weight is 439 g/mol. The smallest absolute Gasteiger partial charge is 0.0565 e. The highest BCUT2D eigenvalue weighted by atomic mass is 16.3. The molecule has 0 aromatic heterocycles. The van der Waals surface area contributed by atoms with Crippen LogP contribution in [-0.4, -0.2) is 11.2 Å². The van der Waals surface area contributed by atoms with Crippen LogP contribution in [0.5, 0.6) is 0 Å². The van der Waals surface area contributed by atoms with Gasteiger partial charge in [0.05, 0.1) is 6.10 Å². The minimum absolute atomic E-state index is 0.0636. The topological polar surface area (TPSA) is 20.2 Å². The Balaban J connectivity index is 3.28. The minimum atomic E-state index is -0.0636. The van der Waals surface area contributed by atoms with Crippen molar-refractivity contribution >= 4 is 0 Å². The molecule has 0 aliphatic heterocycles. The Kier molecular flexibility index (Phi) is 26.2. The van der Waals surface area contributed by atoms with Gasteiger partial charge in [-0.1, -0.05) is 168 Å². The number of rotatable bonds is 26. The largest absolute Gasteiger partial charge is 0.393 e. The summed E-state index contributed by atoms with van der Waals surface area (Å²) in [5.74, 6) is 0.492. The van der Waals surface area contributed by atoms with Crippen LogP contribution in [0.3, 0.4) is 0 Å². The molecule has 2 unspecified atom stereocenters. The zero-order valence-electron chi connectivity index (χ0n) is 22.3. The molecule has 0 aliphatic carbocycles. The molecule has 0 amide bonds. The van der Waals surface area contributed by atoms with Crippen LogP contribution in [0.4, 0.5) is 0 Å². The molecule has 0 rings (SSSR count). The van der Waals surface area contributed by atoms with E-state index in [9.17, 15) is 5.11 Å². The van der Waals surface area contributed by atoms with E-state index in [1.807, 2.05) is 0 Å². The summed E-state index contributed by atoms with van der Waals surface area (Å²) in [6.07, 6.45) is 34.4. The molecule has 1 heteroatoms. The first kappa shape index (κ1) is 31.0. The van der Waals surface area contributed by atoms with Gasteiger partial charge in [0.25, 0.3) is 0 Å². The maximum absolute atomic E-state index is 10.4. The van der Waals surface area contributed by atoms with Crippen molar-refractivity contribution in [2.45, 2.75) is 187 Å².